The number of fused-ring (bicyclic) bond motifs is 11. The molecule has 6 aromatic carbocycles. The fourth-order valence-corrected chi connectivity index (χ4v) is 5.06. The van der Waals surface area contributed by atoms with E-state index in [-0.39, 0.29) is 27.1 Å². The average molecular weight is 533 g/mol. The number of furan rings is 1. The zero-order valence-electron chi connectivity index (χ0n) is 40.7. The summed E-state index contributed by atoms with van der Waals surface area (Å²) in [5.41, 5.74) is -3.57. The standard InChI is InChI=1S/C36H21N3O/c1-2-12-22(13-3-1)33-25-16-6-9-19-28(25)37-36(38-33)39-29-20-10-7-17-26(29)31-32-27-18-8-11-21-30(27)40-35(32)24-15-5-4-14-23(24)34(31)39/h1-21H/i1D,2D,3D,4D,5D,6D,7D,8D,9D,10D,11D,12D,13D,14D,15D,16D,17D,18D,19D,20D,21D. The Balaban J connectivity index is 1.70. The molecule has 4 heteroatoms. The van der Waals surface area contributed by atoms with E-state index < -0.39 is 182 Å². The van der Waals surface area contributed by atoms with E-state index in [9.17, 15) is 4.11 Å². The van der Waals surface area contributed by atoms with E-state index in [1.54, 1.807) is 0 Å². The number of rotatable bonds is 2. The van der Waals surface area contributed by atoms with Crippen LogP contribution in [-0.2, 0) is 0 Å². The molecule has 0 atom stereocenters. The van der Waals surface area contributed by atoms with E-state index in [0.29, 0.717) is 0 Å². The molecule has 0 radical (unpaired) electrons. The van der Waals surface area contributed by atoms with Crippen LogP contribution in [0.2, 0.25) is 0 Å². The Kier molecular flexibility index (Phi) is 1.93. The molecule has 3 aromatic heterocycles. The van der Waals surface area contributed by atoms with Crippen molar-refractivity contribution >= 4 is 65.4 Å². The van der Waals surface area contributed by atoms with Crippen molar-refractivity contribution in [3.8, 4) is 17.2 Å². The van der Waals surface area contributed by atoms with Gasteiger partial charge in [0.15, 0.2) is 0 Å². The van der Waals surface area contributed by atoms with Gasteiger partial charge >= 0.3 is 0 Å². The molecule has 0 amide bonds. The number of hydrogen-bond acceptors (Lipinski definition) is 3. The van der Waals surface area contributed by atoms with Crippen molar-refractivity contribution in [2.75, 3.05) is 0 Å². The SMILES string of the molecule is [2H]c1c([2H])c([2H])c(-c2nc(-n3c4c([2H])c([2H])c([2H])c([2H])c4c4c5c(oc6c([2H])c([2H])c([2H])c([2H])c65)c5c([2H])c([2H])c([2H])c([2H])c5c43)nc3c([2H])c([2H])c([2H])c([2H])c23)c([2H])c1[2H]. The highest BCUT2D eigenvalue weighted by Gasteiger charge is 2.24. The largest absolute Gasteiger partial charge is 0.455 e. The third-order valence-electron chi connectivity index (χ3n) is 6.60. The zero-order valence-corrected chi connectivity index (χ0v) is 19.7. The normalized spacial score (nSPS) is 19.4. The summed E-state index contributed by atoms with van der Waals surface area (Å²) in [6.07, 6.45) is 0. The molecule has 9 rings (SSSR count). The minimum atomic E-state index is -0.839. The smallest absolute Gasteiger partial charge is 0.235 e. The van der Waals surface area contributed by atoms with E-state index in [0.717, 1.165) is 4.57 Å². The summed E-state index contributed by atoms with van der Waals surface area (Å²) in [5.74, 6) is -0.716. The molecule has 0 aliphatic heterocycles. The number of para-hydroxylation sites is 3. The summed E-state index contributed by atoms with van der Waals surface area (Å²) in [6, 6.07) is -16.3. The van der Waals surface area contributed by atoms with Gasteiger partial charge in [0, 0.05) is 43.3 Å². The first-order valence-electron chi connectivity index (χ1n) is 22.2. The van der Waals surface area contributed by atoms with Crippen molar-refractivity contribution < 1.29 is 33.2 Å². The highest BCUT2D eigenvalue weighted by molar-refractivity contribution is 6.35. The monoisotopic (exact) mass is 532 g/mol. The van der Waals surface area contributed by atoms with Crippen LogP contribution >= 0.6 is 0 Å². The molecular formula is C36H21N3O. The minimum Gasteiger partial charge on any atom is -0.455 e. The third kappa shape index (κ3) is 2.85. The van der Waals surface area contributed by atoms with Crippen molar-refractivity contribution in [3.63, 3.8) is 0 Å². The van der Waals surface area contributed by atoms with Crippen LogP contribution in [0.3, 0.4) is 0 Å². The van der Waals surface area contributed by atoms with Crippen molar-refractivity contribution in [3.05, 3.63) is 127 Å². The molecule has 0 spiro atoms. The molecular weight excluding hydrogens is 490 g/mol. The van der Waals surface area contributed by atoms with Crippen LogP contribution in [0, 0.1) is 0 Å². The maximum Gasteiger partial charge on any atom is 0.235 e. The topological polar surface area (TPSA) is 43.9 Å². The second kappa shape index (κ2) is 8.01. The highest BCUT2D eigenvalue weighted by Crippen LogP contribution is 2.45. The van der Waals surface area contributed by atoms with E-state index >= 15 is 0 Å². The van der Waals surface area contributed by atoms with Crippen LogP contribution in [-0.4, -0.2) is 14.5 Å². The lowest BCUT2D eigenvalue weighted by Gasteiger charge is -2.12. The second-order valence-electron chi connectivity index (χ2n) is 8.64. The van der Waals surface area contributed by atoms with Gasteiger partial charge in [-0.2, -0.15) is 0 Å². The molecule has 0 aliphatic carbocycles. The van der Waals surface area contributed by atoms with Crippen molar-refractivity contribution in [2.24, 2.45) is 0 Å². The summed E-state index contributed by atoms with van der Waals surface area (Å²) >= 11 is 0. The Hall–Kier alpha value is -5.48. The quantitative estimate of drug-likeness (QED) is 0.223. The number of hydrogen-bond donors (Lipinski definition) is 0. The van der Waals surface area contributed by atoms with Gasteiger partial charge in [0.05, 0.1) is 51.0 Å². The lowest BCUT2D eigenvalue weighted by atomic mass is 9.99. The van der Waals surface area contributed by atoms with Gasteiger partial charge in [-0.3, -0.25) is 4.57 Å². The van der Waals surface area contributed by atoms with Crippen LogP contribution in [0.4, 0.5) is 0 Å². The summed E-state index contributed by atoms with van der Waals surface area (Å²) in [5, 5.41) is -2.54. The fraction of sp³-hybridized carbons (Fsp3) is 0. The van der Waals surface area contributed by atoms with Crippen molar-refractivity contribution in [1.29, 1.82) is 0 Å². The Morgan fingerprint density at radius 1 is 0.550 bits per heavy atom. The maximum absolute atomic E-state index is 9.25. The van der Waals surface area contributed by atoms with E-state index in [1.165, 1.54) is 0 Å². The highest BCUT2D eigenvalue weighted by atomic mass is 16.3. The number of aromatic nitrogens is 3. The lowest BCUT2D eigenvalue weighted by molar-refractivity contribution is 0.673. The summed E-state index contributed by atoms with van der Waals surface area (Å²) < 4.78 is 191. The van der Waals surface area contributed by atoms with Gasteiger partial charge < -0.3 is 4.42 Å². The van der Waals surface area contributed by atoms with Gasteiger partial charge in [0.1, 0.15) is 11.2 Å². The van der Waals surface area contributed by atoms with Gasteiger partial charge in [-0.25, -0.2) is 9.97 Å². The van der Waals surface area contributed by atoms with Gasteiger partial charge in [0.2, 0.25) is 5.95 Å². The number of nitrogens with zero attached hydrogens (tertiary/aromatic N) is 3. The van der Waals surface area contributed by atoms with Gasteiger partial charge in [-0.1, -0.05) is 109 Å². The first-order chi connectivity index (χ1) is 28.6. The van der Waals surface area contributed by atoms with Gasteiger partial charge in [-0.15, -0.1) is 0 Å². The van der Waals surface area contributed by atoms with Crippen molar-refractivity contribution in [1.82, 2.24) is 14.5 Å². The van der Waals surface area contributed by atoms with Crippen molar-refractivity contribution in [2.45, 2.75) is 0 Å². The predicted octanol–water partition coefficient (Wildman–Crippen LogP) is 9.45. The Morgan fingerprint density at radius 2 is 1.20 bits per heavy atom. The molecule has 0 unspecified atom stereocenters. The van der Waals surface area contributed by atoms with Gasteiger partial charge in [0.25, 0.3) is 0 Å². The molecule has 0 N–H and O–H groups in total. The predicted molar refractivity (Wildman–Crippen MR) is 164 cm³/mol. The van der Waals surface area contributed by atoms with Crippen LogP contribution in [0.5, 0.6) is 0 Å². The molecule has 4 nitrogen and oxygen atoms in total. The van der Waals surface area contributed by atoms with Crippen LogP contribution in [0.25, 0.3) is 82.6 Å². The van der Waals surface area contributed by atoms with E-state index in [2.05, 4.69) is 9.97 Å². The van der Waals surface area contributed by atoms with Crippen LogP contribution < -0.4 is 0 Å². The van der Waals surface area contributed by atoms with E-state index in [1.807, 2.05) is 0 Å². The third-order valence-corrected chi connectivity index (χ3v) is 6.60. The number of benzene rings is 6. The Bertz CT molecular complexity index is 3590. The maximum atomic E-state index is 9.25. The summed E-state index contributed by atoms with van der Waals surface area (Å²) in [7, 11) is 0. The molecule has 186 valence electrons. The first-order valence-corrected chi connectivity index (χ1v) is 11.7. The second-order valence-corrected chi connectivity index (χ2v) is 8.64. The van der Waals surface area contributed by atoms with Gasteiger partial charge in [-0.05, 0) is 18.1 Å². The Morgan fingerprint density at radius 3 is 2.05 bits per heavy atom. The Labute approximate surface area is 258 Å². The summed E-state index contributed by atoms with van der Waals surface area (Å²) in [4.78, 5) is 9.07. The fourth-order valence-electron chi connectivity index (χ4n) is 5.06. The summed E-state index contributed by atoms with van der Waals surface area (Å²) in [6.45, 7) is 0. The lowest BCUT2D eigenvalue weighted by Crippen LogP contribution is -2.03. The molecule has 40 heavy (non-hydrogen) atoms. The zero-order chi connectivity index (χ0) is 44.5. The molecule has 0 aliphatic rings. The average Bonchev–Trinajstić information content (AvgIpc) is 3.81. The molecule has 0 bridgehead atoms. The van der Waals surface area contributed by atoms with Crippen LogP contribution in [0.15, 0.2) is 131 Å². The molecule has 0 saturated carbocycles. The van der Waals surface area contributed by atoms with Crippen LogP contribution in [0.1, 0.15) is 28.8 Å². The first kappa shape index (κ1) is 9.61. The van der Waals surface area contributed by atoms with E-state index in [4.69, 9.17) is 29.1 Å². The molecule has 0 saturated heterocycles. The minimum absolute atomic E-state index is 0.253. The molecule has 3 heterocycles. The molecule has 0 fully saturated rings. The molecule has 9 aromatic rings.